The van der Waals surface area contributed by atoms with Gasteiger partial charge in [-0.15, -0.1) is 0 Å². The molecule has 26 heavy (non-hydrogen) atoms. The normalized spacial score (nSPS) is 16.3. The first kappa shape index (κ1) is 16.5. The zero-order valence-corrected chi connectivity index (χ0v) is 14.4. The molecule has 4 nitrogen and oxygen atoms in total. The monoisotopic (exact) mass is 349 g/mol. The fourth-order valence-electron chi connectivity index (χ4n) is 3.56. The highest BCUT2D eigenvalue weighted by atomic mass is 19.1. The minimum Gasteiger partial charge on any atom is -0.336 e. The molecular formula is C21H20FN3O. The number of hydrogen-bond acceptors (Lipinski definition) is 2. The predicted molar refractivity (Wildman–Crippen MR) is 96.9 cm³/mol. The van der Waals surface area contributed by atoms with Crippen molar-refractivity contribution in [2.24, 2.45) is 0 Å². The van der Waals surface area contributed by atoms with Gasteiger partial charge in [-0.25, -0.2) is 4.39 Å². The standard InChI is InChI=1S/C21H20FN3O/c22-19-9-4-2-6-16(19)10-11-21(26)24-14-17-7-1-3-8-18(17)20(15-24)25-13-5-12-23-25/h1-9,12-13,20H,10-11,14-15H2/t20-/m1/s1. The number of benzene rings is 2. The Balaban J connectivity index is 1.52. The summed E-state index contributed by atoms with van der Waals surface area (Å²) in [5, 5.41) is 4.37. The number of nitrogens with zero attached hydrogens (tertiary/aromatic N) is 3. The molecule has 0 spiro atoms. The van der Waals surface area contributed by atoms with Gasteiger partial charge in [0.25, 0.3) is 0 Å². The van der Waals surface area contributed by atoms with E-state index in [9.17, 15) is 9.18 Å². The summed E-state index contributed by atoms with van der Waals surface area (Å²) >= 11 is 0. The highest BCUT2D eigenvalue weighted by Gasteiger charge is 2.29. The van der Waals surface area contributed by atoms with Crippen LogP contribution in [0, 0.1) is 5.82 Å². The molecule has 0 saturated carbocycles. The molecule has 0 aliphatic carbocycles. The van der Waals surface area contributed by atoms with Crippen LogP contribution in [0.1, 0.15) is 29.2 Å². The van der Waals surface area contributed by atoms with Crippen LogP contribution in [0.4, 0.5) is 4.39 Å². The van der Waals surface area contributed by atoms with Gasteiger partial charge in [-0.1, -0.05) is 42.5 Å². The molecule has 0 N–H and O–H groups in total. The average Bonchev–Trinajstić information content (AvgIpc) is 3.21. The van der Waals surface area contributed by atoms with Crippen LogP contribution in [0.25, 0.3) is 0 Å². The number of rotatable bonds is 4. The molecule has 0 radical (unpaired) electrons. The van der Waals surface area contributed by atoms with Crippen LogP contribution in [-0.2, 0) is 17.8 Å². The highest BCUT2D eigenvalue weighted by Crippen LogP contribution is 2.29. The lowest BCUT2D eigenvalue weighted by atomic mass is 9.95. The first-order valence-electron chi connectivity index (χ1n) is 8.80. The molecule has 1 amide bonds. The SMILES string of the molecule is O=C(CCc1ccccc1F)N1Cc2ccccc2[C@H](n2cccn2)C1. The van der Waals surface area contributed by atoms with E-state index in [1.807, 2.05) is 34.0 Å². The van der Waals surface area contributed by atoms with Crippen molar-refractivity contribution < 1.29 is 9.18 Å². The van der Waals surface area contributed by atoms with Gasteiger partial charge in [-0.05, 0) is 35.2 Å². The van der Waals surface area contributed by atoms with E-state index in [0.29, 0.717) is 31.5 Å². The summed E-state index contributed by atoms with van der Waals surface area (Å²) in [5.41, 5.74) is 2.93. The molecule has 5 heteroatoms. The third-order valence-corrected chi connectivity index (χ3v) is 4.93. The largest absolute Gasteiger partial charge is 0.336 e. The summed E-state index contributed by atoms with van der Waals surface area (Å²) in [4.78, 5) is 14.6. The molecule has 2 aromatic carbocycles. The van der Waals surface area contributed by atoms with E-state index in [-0.39, 0.29) is 17.8 Å². The zero-order valence-electron chi connectivity index (χ0n) is 14.4. The van der Waals surface area contributed by atoms with Crippen LogP contribution < -0.4 is 0 Å². The lowest BCUT2D eigenvalue weighted by Crippen LogP contribution is -2.40. The smallest absolute Gasteiger partial charge is 0.223 e. The van der Waals surface area contributed by atoms with Crippen LogP contribution in [0.5, 0.6) is 0 Å². The van der Waals surface area contributed by atoms with Crippen molar-refractivity contribution >= 4 is 5.91 Å². The number of aryl methyl sites for hydroxylation is 1. The van der Waals surface area contributed by atoms with Crippen LogP contribution >= 0.6 is 0 Å². The van der Waals surface area contributed by atoms with Crippen molar-refractivity contribution in [2.45, 2.75) is 25.4 Å². The summed E-state index contributed by atoms with van der Waals surface area (Å²) in [6.45, 7) is 1.17. The van der Waals surface area contributed by atoms with Gasteiger partial charge in [0.15, 0.2) is 0 Å². The van der Waals surface area contributed by atoms with Crippen molar-refractivity contribution in [3.05, 3.63) is 89.5 Å². The van der Waals surface area contributed by atoms with Crippen molar-refractivity contribution in [1.29, 1.82) is 0 Å². The molecule has 0 saturated heterocycles. The minimum atomic E-state index is -0.251. The van der Waals surface area contributed by atoms with Gasteiger partial charge in [-0.3, -0.25) is 9.48 Å². The predicted octanol–water partition coefficient (Wildman–Crippen LogP) is 3.59. The van der Waals surface area contributed by atoms with Crippen molar-refractivity contribution in [3.8, 4) is 0 Å². The molecule has 4 rings (SSSR count). The van der Waals surface area contributed by atoms with Crippen molar-refractivity contribution in [3.63, 3.8) is 0 Å². The number of fused-ring (bicyclic) bond motifs is 1. The van der Waals surface area contributed by atoms with Crippen LogP contribution in [0.15, 0.2) is 67.0 Å². The van der Waals surface area contributed by atoms with Gasteiger partial charge in [-0.2, -0.15) is 5.10 Å². The van der Waals surface area contributed by atoms with Gasteiger partial charge >= 0.3 is 0 Å². The van der Waals surface area contributed by atoms with Crippen molar-refractivity contribution in [1.82, 2.24) is 14.7 Å². The fraction of sp³-hybridized carbons (Fsp3) is 0.238. The second kappa shape index (κ2) is 7.12. The minimum absolute atomic E-state index is 0.00682. The molecule has 0 fully saturated rings. The van der Waals surface area contributed by atoms with E-state index in [4.69, 9.17) is 0 Å². The Morgan fingerprint density at radius 2 is 1.92 bits per heavy atom. The lowest BCUT2D eigenvalue weighted by molar-refractivity contribution is -0.132. The summed E-state index contributed by atoms with van der Waals surface area (Å²) in [7, 11) is 0. The number of carbonyl (C=O) groups excluding carboxylic acids is 1. The maximum Gasteiger partial charge on any atom is 0.223 e. The maximum atomic E-state index is 13.8. The Morgan fingerprint density at radius 3 is 2.73 bits per heavy atom. The third kappa shape index (κ3) is 3.25. The van der Waals surface area contributed by atoms with Gasteiger partial charge in [0, 0.05) is 31.9 Å². The van der Waals surface area contributed by atoms with E-state index in [1.165, 1.54) is 11.6 Å². The van der Waals surface area contributed by atoms with Crippen LogP contribution in [-0.4, -0.2) is 27.1 Å². The number of aromatic nitrogens is 2. The molecular weight excluding hydrogens is 329 g/mol. The molecule has 1 aromatic heterocycles. The van der Waals surface area contributed by atoms with Gasteiger partial charge in [0.1, 0.15) is 5.82 Å². The molecule has 1 aliphatic heterocycles. The fourth-order valence-corrected chi connectivity index (χ4v) is 3.56. The van der Waals surface area contributed by atoms with Gasteiger partial charge < -0.3 is 4.90 Å². The summed E-state index contributed by atoms with van der Waals surface area (Å²) in [6, 6.07) is 16.7. The summed E-state index contributed by atoms with van der Waals surface area (Å²) in [6.07, 6.45) is 4.39. The molecule has 1 aliphatic rings. The first-order chi connectivity index (χ1) is 12.7. The molecule has 2 heterocycles. The van der Waals surface area contributed by atoms with Crippen LogP contribution in [0.2, 0.25) is 0 Å². The number of carbonyl (C=O) groups is 1. The second-order valence-electron chi connectivity index (χ2n) is 6.57. The topological polar surface area (TPSA) is 38.1 Å². The first-order valence-corrected chi connectivity index (χ1v) is 8.80. The van der Waals surface area contributed by atoms with E-state index < -0.39 is 0 Å². The number of hydrogen-bond donors (Lipinski definition) is 0. The number of amides is 1. The Morgan fingerprint density at radius 1 is 1.12 bits per heavy atom. The molecule has 132 valence electrons. The highest BCUT2D eigenvalue weighted by molar-refractivity contribution is 5.77. The average molecular weight is 349 g/mol. The summed E-state index contributed by atoms with van der Waals surface area (Å²) in [5.74, 6) is -0.210. The molecule has 0 unspecified atom stereocenters. The lowest BCUT2D eigenvalue weighted by Gasteiger charge is -2.35. The molecule has 0 bridgehead atoms. The number of halogens is 1. The van der Waals surface area contributed by atoms with E-state index in [0.717, 1.165) is 5.56 Å². The van der Waals surface area contributed by atoms with Crippen molar-refractivity contribution in [2.75, 3.05) is 6.54 Å². The van der Waals surface area contributed by atoms with Crippen LogP contribution in [0.3, 0.4) is 0 Å². The molecule has 1 atom stereocenters. The van der Waals surface area contributed by atoms with Gasteiger partial charge in [0.2, 0.25) is 5.91 Å². The Labute approximate surface area is 151 Å². The Bertz CT molecular complexity index is 907. The van der Waals surface area contributed by atoms with E-state index in [1.54, 1.807) is 24.4 Å². The Hall–Kier alpha value is -2.95. The zero-order chi connectivity index (χ0) is 17.9. The second-order valence-corrected chi connectivity index (χ2v) is 6.57. The third-order valence-electron chi connectivity index (χ3n) is 4.93. The van der Waals surface area contributed by atoms with E-state index in [2.05, 4.69) is 17.2 Å². The maximum absolute atomic E-state index is 13.8. The Kier molecular flexibility index (Phi) is 4.52. The van der Waals surface area contributed by atoms with Gasteiger partial charge in [0.05, 0.1) is 6.04 Å². The summed E-state index contributed by atoms with van der Waals surface area (Å²) < 4.78 is 15.7. The quantitative estimate of drug-likeness (QED) is 0.722. The molecule has 3 aromatic rings. The van der Waals surface area contributed by atoms with E-state index >= 15 is 0 Å².